The van der Waals surface area contributed by atoms with E-state index in [0.717, 1.165) is 13.0 Å². The Morgan fingerprint density at radius 2 is 2.00 bits per heavy atom. The highest BCUT2D eigenvalue weighted by atomic mass is 79.9. The van der Waals surface area contributed by atoms with Gasteiger partial charge in [-0.15, -0.1) is 11.3 Å². The fraction of sp³-hybridized carbons (Fsp3) is 0.375. The minimum Gasteiger partial charge on any atom is -0.375 e. The molecule has 20 heavy (non-hydrogen) atoms. The minimum atomic E-state index is 0.0603. The van der Waals surface area contributed by atoms with Crippen molar-refractivity contribution in [1.29, 1.82) is 0 Å². The van der Waals surface area contributed by atoms with Crippen LogP contribution in [0, 0.1) is 0 Å². The number of ether oxygens (including phenoxy) is 1. The third kappa shape index (κ3) is 3.92. The molecule has 0 radical (unpaired) electrons. The first kappa shape index (κ1) is 15.7. The predicted molar refractivity (Wildman–Crippen MR) is 89.4 cm³/mol. The van der Waals surface area contributed by atoms with Crippen molar-refractivity contribution >= 4 is 27.3 Å². The van der Waals surface area contributed by atoms with Crippen molar-refractivity contribution < 1.29 is 4.74 Å². The number of hydrogen-bond acceptors (Lipinski definition) is 3. The van der Waals surface area contributed by atoms with Crippen molar-refractivity contribution in [2.24, 2.45) is 0 Å². The van der Waals surface area contributed by atoms with Crippen molar-refractivity contribution in [3.05, 3.63) is 56.7 Å². The monoisotopic (exact) mass is 353 g/mol. The molecule has 1 aromatic carbocycles. The summed E-state index contributed by atoms with van der Waals surface area (Å²) in [6.07, 6.45) is 1.02. The Labute approximate surface area is 133 Å². The van der Waals surface area contributed by atoms with E-state index in [-0.39, 0.29) is 12.1 Å². The largest absolute Gasteiger partial charge is 0.375 e. The standard InChI is InChI=1S/C16H20BrNOS/c1-3-18-14(11-15-13(17)9-10-20-15)16(19-2)12-7-5-4-6-8-12/h4-10,14,16,18H,3,11H2,1-2H3. The lowest BCUT2D eigenvalue weighted by atomic mass is 9.99. The summed E-state index contributed by atoms with van der Waals surface area (Å²) in [5.74, 6) is 0. The summed E-state index contributed by atoms with van der Waals surface area (Å²) in [5, 5.41) is 5.68. The summed E-state index contributed by atoms with van der Waals surface area (Å²) >= 11 is 5.40. The maximum absolute atomic E-state index is 5.77. The van der Waals surface area contributed by atoms with E-state index in [4.69, 9.17) is 4.74 Å². The van der Waals surface area contributed by atoms with Crippen LogP contribution in [0.4, 0.5) is 0 Å². The average molecular weight is 354 g/mol. The van der Waals surface area contributed by atoms with Gasteiger partial charge in [0.05, 0.1) is 6.10 Å². The van der Waals surface area contributed by atoms with Crippen LogP contribution in [0.5, 0.6) is 0 Å². The molecule has 2 rings (SSSR count). The molecule has 0 saturated heterocycles. The van der Waals surface area contributed by atoms with Crippen LogP contribution >= 0.6 is 27.3 Å². The number of methoxy groups -OCH3 is 1. The molecule has 0 aliphatic rings. The summed E-state index contributed by atoms with van der Waals surface area (Å²) < 4.78 is 6.95. The maximum atomic E-state index is 5.77. The third-order valence-electron chi connectivity index (χ3n) is 3.31. The molecule has 2 aromatic rings. The van der Waals surface area contributed by atoms with Crippen LogP contribution < -0.4 is 5.32 Å². The summed E-state index contributed by atoms with van der Waals surface area (Å²) in [5.41, 5.74) is 1.22. The fourth-order valence-electron chi connectivity index (χ4n) is 2.39. The van der Waals surface area contributed by atoms with Crippen molar-refractivity contribution in [2.45, 2.75) is 25.5 Å². The Balaban J connectivity index is 2.20. The Morgan fingerprint density at radius 3 is 2.55 bits per heavy atom. The Bertz CT molecular complexity index is 514. The van der Waals surface area contributed by atoms with Gasteiger partial charge in [-0.2, -0.15) is 0 Å². The quantitative estimate of drug-likeness (QED) is 0.795. The molecule has 2 unspecified atom stereocenters. The van der Waals surface area contributed by atoms with E-state index >= 15 is 0 Å². The predicted octanol–water partition coefficient (Wildman–Crippen LogP) is 4.42. The van der Waals surface area contributed by atoms with Gasteiger partial charge in [0.1, 0.15) is 0 Å². The molecule has 0 spiro atoms. The Morgan fingerprint density at radius 1 is 1.25 bits per heavy atom. The topological polar surface area (TPSA) is 21.3 Å². The number of rotatable bonds is 7. The van der Waals surface area contributed by atoms with Crippen LogP contribution in [0.15, 0.2) is 46.3 Å². The van der Waals surface area contributed by atoms with Crippen molar-refractivity contribution in [3.8, 4) is 0 Å². The minimum absolute atomic E-state index is 0.0603. The van der Waals surface area contributed by atoms with E-state index in [0.29, 0.717) is 0 Å². The van der Waals surface area contributed by atoms with E-state index in [2.05, 4.69) is 63.9 Å². The number of hydrogen-bond donors (Lipinski definition) is 1. The lowest BCUT2D eigenvalue weighted by Crippen LogP contribution is -2.37. The molecule has 0 saturated carbocycles. The second kappa shape index (κ2) is 7.93. The van der Waals surface area contributed by atoms with Crippen LogP contribution in [0.1, 0.15) is 23.5 Å². The van der Waals surface area contributed by atoms with Crippen LogP contribution in [0.2, 0.25) is 0 Å². The molecule has 0 bridgehead atoms. The molecule has 2 nitrogen and oxygen atoms in total. The SMILES string of the molecule is CCNC(Cc1sccc1Br)C(OC)c1ccccc1. The van der Waals surface area contributed by atoms with Gasteiger partial charge >= 0.3 is 0 Å². The number of thiophene rings is 1. The number of benzene rings is 1. The second-order valence-electron chi connectivity index (χ2n) is 4.63. The van der Waals surface area contributed by atoms with Crippen molar-refractivity contribution in [1.82, 2.24) is 5.32 Å². The third-order valence-corrected chi connectivity index (χ3v) is 5.26. The second-order valence-corrected chi connectivity index (χ2v) is 6.48. The molecular weight excluding hydrogens is 334 g/mol. The first-order chi connectivity index (χ1) is 9.76. The van der Waals surface area contributed by atoms with Gasteiger partial charge < -0.3 is 10.1 Å². The van der Waals surface area contributed by atoms with E-state index in [1.165, 1.54) is 14.9 Å². The Hall–Kier alpha value is -0.680. The fourth-order valence-corrected chi connectivity index (χ4v) is 3.97. The first-order valence-corrected chi connectivity index (χ1v) is 8.46. The van der Waals surface area contributed by atoms with Crippen LogP contribution in [0.25, 0.3) is 0 Å². The van der Waals surface area contributed by atoms with E-state index < -0.39 is 0 Å². The van der Waals surface area contributed by atoms with Crippen molar-refractivity contribution in [3.63, 3.8) is 0 Å². The molecule has 4 heteroatoms. The average Bonchev–Trinajstić information content (AvgIpc) is 2.86. The number of nitrogens with one attached hydrogen (secondary N) is 1. The van der Waals surface area contributed by atoms with Gasteiger partial charge in [-0.1, -0.05) is 37.3 Å². The molecular formula is C16H20BrNOS. The van der Waals surface area contributed by atoms with Crippen LogP contribution in [-0.2, 0) is 11.2 Å². The highest BCUT2D eigenvalue weighted by Gasteiger charge is 2.23. The zero-order valence-electron chi connectivity index (χ0n) is 11.8. The molecule has 0 amide bonds. The smallest absolute Gasteiger partial charge is 0.0977 e. The molecule has 0 aliphatic heterocycles. The van der Waals surface area contributed by atoms with Crippen LogP contribution in [0.3, 0.4) is 0 Å². The van der Waals surface area contributed by atoms with Gasteiger partial charge in [0, 0.05) is 28.9 Å². The molecule has 108 valence electrons. The Kier molecular flexibility index (Phi) is 6.23. The van der Waals surface area contributed by atoms with Crippen LogP contribution in [-0.4, -0.2) is 19.7 Å². The lowest BCUT2D eigenvalue weighted by molar-refractivity contribution is 0.0686. The normalized spacial score (nSPS) is 14.2. The van der Waals surface area contributed by atoms with Crippen molar-refractivity contribution in [2.75, 3.05) is 13.7 Å². The highest BCUT2D eigenvalue weighted by Crippen LogP contribution is 2.29. The number of halogens is 1. The summed E-state index contributed by atoms with van der Waals surface area (Å²) in [6.45, 7) is 3.06. The molecule has 0 aliphatic carbocycles. The zero-order valence-corrected chi connectivity index (χ0v) is 14.2. The maximum Gasteiger partial charge on any atom is 0.0977 e. The van der Waals surface area contributed by atoms with Gasteiger partial charge in [0.15, 0.2) is 0 Å². The van der Waals surface area contributed by atoms with Gasteiger partial charge in [0.25, 0.3) is 0 Å². The highest BCUT2D eigenvalue weighted by molar-refractivity contribution is 9.10. The lowest BCUT2D eigenvalue weighted by Gasteiger charge is -2.27. The van der Waals surface area contributed by atoms with E-state index in [1.807, 2.05) is 6.07 Å². The van der Waals surface area contributed by atoms with E-state index in [1.54, 1.807) is 18.4 Å². The van der Waals surface area contributed by atoms with Gasteiger partial charge in [-0.05, 0) is 39.5 Å². The van der Waals surface area contributed by atoms with E-state index in [9.17, 15) is 0 Å². The molecule has 1 N–H and O–H groups in total. The molecule has 1 aromatic heterocycles. The molecule has 1 heterocycles. The summed E-state index contributed by atoms with van der Waals surface area (Å²) in [4.78, 5) is 1.36. The van der Waals surface area contributed by atoms with Gasteiger partial charge in [-0.25, -0.2) is 0 Å². The van der Waals surface area contributed by atoms with Gasteiger partial charge in [0.2, 0.25) is 0 Å². The molecule has 0 fully saturated rings. The van der Waals surface area contributed by atoms with Gasteiger partial charge in [-0.3, -0.25) is 0 Å². The first-order valence-electron chi connectivity index (χ1n) is 6.79. The molecule has 2 atom stereocenters. The summed E-state index contributed by atoms with van der Waals surface area (Å²) in [7, 11) is 1.78. The number of likely N-dealkylation sites (N-methyl/N-ethyl adjacent to an activating group) is 1. The zero-order chi connectivity index (χ0) is 14.4. The summed E-state index contributed by atoms with van der Waals surface area (Å²) in [6, 6.07) is 12.8.